The van der Waals surface area contributed by atoms with E-state index in [1.54, 1.807) is 6.08 Å². The van der Waals surface area contributed by atoms with Crippen LogP contribution in [0.25, 0.3) is 11.6 Å². The molecule has 5 rings (SSSR count). The van der Waals surface area contributed by atoms with E-state index < -0.39 is 0 Å². The molecule has 2 saturated heterocycles. The third-order valence-corrected chi connectivity index (χ3v) is 7.25. The van der Waals surface area contributed by atoms with Crippen LogP contribution in [0.2, 0.25) is 0 Å². The lowest BCUT2D eigenvalue weighted by Gasteiger charge is -2.46. The third-order valence-electron chi connectivity index (χ3n) is 7.25. The third kappa shape index (κ3) is 3.70. The van der Waals surface area contributed by atoms with E-state index in [-0.39, 0.29) is 23.9 Å². The molecule has 0 bridgehead atoms. The van der Waals surface area contributed by atoms with E-state index in [1.807, 2.05) is 30.2 Å². The molecule has 1 aromatic rings. The summed E-state index contributed by atoms with van der Waals surface area (Å²) >= 11 is 0. The second-order valence-corrected chi connectivity index (χ2v) is 9.31. The summed E-state index contributed by atoms with van der Waals surface area (Å²) in [6, 6.07) is 4.15. The highest BCUT2D eigenvalue weighted by Gasteiger charge is 2.48. The van der Waals surface area contributed by atoms with Crippen LogP contribution in [0.3, 0.4) is 0 Å². The van der Waals surface area contributed by atoms with Crippen LogP contribution in [0.1, 0.15) is 50.3 Å². The minimum Gasteiger partial charge on any atom is -0.447 e. The number of allylic oxidation sites excluding steroid dienone is 4. The molecule has 0 radical (unpaired) electrons. The van der Waals surface area contributed by atoms with Gasteiger partial charge in [0.05, 0.1) is 11.7 Å². The van der Waals surface area contributed by atoms with Gasteiger partial charge in [0.15, 0.2) is 0 Å². The maximum absolute atomic E-state index is 13.8. The smallest absolute Gasteiger partial charge is 0.410 e. The molecule has 3 fully saturated rings. The maximum atomic E-state index is 13.8. The number of rotatable bonds is 3. The van der Waals surface area contributed by atoms with Crippen molar-refractivity contribution in [1.29, 1.82) is 0 Å². The minimum absolute atomic E-state index is 0.0683. The second kappa shape index (κ2) is 8.01. The monoisotopic (exact) mass is 408 g/mol. The number of cyclic esters (lactones) is 1. The molecule has 0 spiro atoms. The van der Waals surface area contributed by atoms with Gasteiger partial charge >= 0.3 is 6.09 Å². The first-order valence-electron chi connectivity index (χ1n) is 11.2. The SMILES string of the molecule is CC1C=C(c2ccc(/C=C/C3C4CCCCC4CN4C(=O)OC[C@H]34)nc2)C=C(F)C1. The van der Waals surface area contributed by atoms with Gasteiger partial charge in [-0.1, -0.05) is 38.0 Å². The van der Waals surface area contributed by atoms with Gasteiger partial charge in [-0.2, -0.15) is 0 Å². The van der Waals surface area contributed by atoms with Crippen LogP contribution in [0, 0.1) is 23.7 Å². The van der Waals surface area contributed by atoms with Gasteiger partial charge in [-0.25, -0.2) is 9.18 Å². The number of aromatic nitrogens is 1. The van der Waals surface area contributed by atoms with Crippen LogP contribution >= 0.6 is 0 Å². The van der Waals surface area contributed by atoms with Crippen molar-refractivity contribution in [3.05, 3.63) is 53.6 Å². The number of carbonyl (C=O) groups excluding carboxylic acids is 1. The van der Waals surface area contributed by atoms with Crippen LogP contribution in [-0.2, 0) is 4.74 Å². The number of hydrogen-bond acceptors (Lipinski definition) is 3. The molecule has 1 amide bonds. The molecule has 1 aromatic heterocycles. The summed E-state index contributed by atoms with van der Waals surface area (Å²) in [4.78, 5) is 18.7. The van der Waals surface area contributed by atoms with E-state index in [9.17, 15) is 9.18 Å². The summed E-state index contributed by atoms with van der Waals surface area (Å²) in [6.45, 7) is 3.37. The summed E-state index contributed by atoms with van der Waals surface area (Å²) in [5, 5.41) is 0. The summed E-state index contributed by atoms with van der Waals surface area (Å²) < 4.78 is 19.2. The van der Waals surface area contributed by atoms with Crippen molar-refractivity contribution in [1.82, 2.24) is 9.88 Å². The number of hydrogen-bond donors (Lipinski definition) is 0. The molecular weight excluding hydrogens is 379 g/mol. The Kier molecular flexibility index (Phi) is 5.21. The lowest BCUT2D eigenvalue weighted by Crippen LogP contribution is -2.52. The zero-order chi connectivity index (χ0) is 20.7. The van der Waals surface area contributed by atoms with Crippen LogP contribution in [0.5, 0.6) is 0 Å². The van der Waals surface area contributed by atoms with E-state index in [0.717, 1.165) is 23.4 Å². The highest BCUT2D eigenvalue weighted by atomic mass is 19.1. The molecule has 30 heavy (non-hydrogen) atoms. The van der Waals surface area contributed by atoms with Crippen molar-refractivity contribution in [2.45, 2.75) is 45.1 Å². The van der Waals surface area contributed by atoms with Gasteiger partial charge in [-0.15, -0.1) is 0 Å². The van der Waals surface area contributed by atoms with E-state index in [2.05, 4.69) is 23.2 Å². The largest absolute Gasteiger partial charge is 0.447 e. The van der Waals surface area contributed by atoms with Crippen molar-refractivity contribution in [3.8, 4) is 0 Å². The zero-order valence-electron chi connectivity index (χ0n) is 17.5. The zero-order valence-corrected chi connectivity index (χ0v) is 17.5. The van der Waals surface area contributed by atoms with Gasteiger partial charge in [-0.05, 0) is 60.0 Å². The Bertz CT molecular complexity index is 904. The molecular formula is C25H29FN2O2. The van der Waals surface area contributed by atoms with E-state index in [4.69, 9.17) is 4.74 Å². The molecule has 4 aliphatic rings. The maximum Gasteiger partial charge on any atom is 0.410 e. The van der Waals surface area contributed by atoms with Crippen molar-refractivity contribution in [3.63, 3.8) is 0 Å². The van der Waals surface area contributed by atoms with Gasteiger partial charge in [0.2, 0.25) is 0 Å². The molecule has 4 nitrogen and oxygen atoms in total. The Hall–Kier alpha value is -2.43. The first-order valence-corrected chi connectivity index (χ1v) is 11.2. The standard InChI is InChI=1S/C25H29FN2O2/c1-16-10-19(12-20(26)11-16)17-6-7-21(27-13-17)8-9-23-22-5-3-2-4-18(22)14-28-24(23)15-30-25(28)29/h6-10,12-13,16,18,22-24H,2-5,11,14-15H2,1H3/b9-8+/t16?,18?,22?,23?,24-/m1/s1. The van der Waals surface area contributed by atoms with Crippen molar-refractivity contribution >= 4 is 17.7 Å². The van der Waals surface area contributed by atoms with Gasteiger partial charge < -0.3 is 9.64 Å². The molecule has 0 aromatic carbocycles. The van der Waals surface area contributed by atoms with Crippen LogP contribution in [0.15, 0.2) is 42.4 Å². The molecule has 5 heteroatoms. The Morgan fingerprint density at radius 2 is 2.13 bits per heavy atom. The minimum atomic E-state index is -0.153. The summed E-state index contributed by atoms with van der Waals surface area (Å²) in [7, 11) is 0. The summed E-state index contributed by atoms with van der Waals surface area (Å²) in [5.74, 6) is 1.65. The number of pyridine rings is 1. The average Bonchev–Trinajstić information content (AvgIpc) is 3.11. The predicted octanol–water partition coefficient (Wildman–Crippen LogP) is 5.63. The Balaban J connectivity index is 1.35. The number of halogens is 1. The fourth-order valence-corrected chi connectivity index (χ4v) is 5.79. The number of carbonyl (C=O) groups is 1. The quantitative estimate of drug-likeness (QED) is 0.651. The summed E-state index contributed by atoms with van der Waals surface area (Å²) in [5.41, 5.74) is 2.74. The fraction of sp³-hybridized carbons (Fsp3) is 0.520. The average molecular weight is 409 g/mol. The molecule has 5 atom stereocenters. The van der Waals surface area contributed by atoms with E-state index in [0.29, 0.717) is 30.8 Å². The van der Waals surface area contributed by atoms with Gasteiger partial charge in [0.25, 0.3) is 0 Å². The fourth-order valence-electron chi connectivity index (χ4n) is 5.79. The number of nitrogens with zero attached hydrogens (tertiary/aromatic N) is 2. The second-order valence-electron chi connectivity index (χ2n) is 9.31. The number of ether oxygens (including phenoxy) is 1. The molecule has 158 valence electrons. The lowest BCUT2D eigenvalue weighted by molar-refractivity contribution is 0.0472. The normalized spacial score (nSPS) is 33.6. The van der Waals surface area contributed by atoms with Crippen LogP contribution in [-0.4, -0.2) is 35.2 Å². The highest BCUT2D eigenvalue weighted by Crippen LogP contribution is 2.44. The molecule has 2 aliphatic heterocycles. The lowest BCUT2D eigenvalue weighted by atomic mass is 9.67. The van der Waals surface area contributed by atoms with Crippen molar-refractivity contribution in [2.75, 3.05) is 13.2 Å². The van der Waals surface area contributed by atoms with E-state index in [1.165, 1.54) is 25.7 Å². The number of fused-ring (bicyclic) bond motifs is 2. The van der Waals surface area contributed by atoms with Crippen molar-refractivity contribution < 1.29 is 13.9 Å². The van der Waals surface area contributed by atoms with Gasteiger partial charge in [-0.3, -0.25) is 4.98 Å². The first kappa shape index (κ1) is 19.5. The van der Waals surface area contributed by atoms with Crippen LogP contribution < -0.4 is 0 Å². The Labute approximate surface area is 177 Å². The molecule has 2 aliphatic carbocycles. The molecule has 1 saturated carbocycles. The first-order chi connectivity index (χ1) is 14.6. The van der Waals surface area contributed by atoms with Gasteiger partial charge in [0, 0.05) is 25.1 Å². The topological polar surface area (TPSA) is 42.4 Å². The predicted molar refractivity (Wildman–Crippen MR) is 115 cm³/mol. The Morgan fingerprint density at radius 1 is 1.27 bits per heavy atom. The van der Waals surface area contributed by atoms with E-state index >= 15 is 0 Å². The Morgan fingerprint density at radius 3 is 2.93 bits per heavy atom. The molecule has 4 unspecified atom stereocenters. The number of piperidine rings is 1. The molecule has 3 heterocycles. The summed E-state index contributed by atoms with van der Waals surface area (Å²) in [6.07, 6.45) is 15.2. The number of amides is 1. The van der Waals surface area contributed by atoms with Crippen LogP contribution in [0.4, 0.5) is 9.18 Å². The van der Waals surface area contributed by atoms with Gasteiger partial charge in [0.1, 0.15) is 12.4 Å². The van der Waals surface area contributed by atoms with Crippen molar-refractivity contribution in [2.24, 2.45) is 23.7 Å². The molecule has 0 N–H and O–H groups in total. The highest BCUT2D eigenvalue weighted by molar-refractivity contribution is 5.75.